The minimum absolute atomic E-state index is 0.838. The quantitative estimate of drug-likeness (QED) is 0.844. The van der Waals surface area contributed by atoms with Crippen molar-refractivity contribution >= 4 is 0 Å². The molecule has 0 amide bonds. The van der Waals surface area contributed by atoms with Crippen molar-refractivity contribution in [2.24, 2.45) is 11.7 Å². The fraction of sp³-hybridized carbons (Fsp3) is 0.600. The Labute approximate surface area is 105 Å². The Bertz CT molecular complexity index is 308. The summed E-state index contributed by atoms with van der Waals surface area (Å²) in [5, 5.41) is 0. The van der Waals surface area contributed by atoms with E-state index in [9.17, 15) is 0 Å². The molecule has 1 aliphatic heterocycles. The molecular formula is C15H24N2. The number of benzene rings is 1. The number of nitrogens with two attached hydrogens (primary N) is 1. The third kappa shape index (κ3) is 4.14. The predicted molar refractivity (Wildman–Crippen MR) is 73.0 cm³/mol. The maximum Gasteiger partial charge on any atom is 0.00219 e. The molecule has 0 spiro atoms. The van der Waals surface area contributed by atoms with Crippen LogP contribution in [-0.2, 0) is 6.42 Å². The summed E-state index contributed by atoms with van der Waals surface area (Å²) in [6.45, 7) is 4.57. The van der Waals surface area contributed by atoms with Gasteiger partial charge in [0.25, 0.3) is 0 Å². The van der Waals surface area contributed by atoms with Crippen molar-refractivity contribution in [1.29, 1.82) is 0 Å². The number of hydrogen-bond acceptors (Lipinski definition) is 2. The van der Waals surface area contributed by atoms with Crippen molar-refractivity contribution in [3.05, 3.63) is 35.9 Å². The summed E-state index contributed by atoms with van der Waals surface area (Å²) in [5.74, 6) is 0.838. The number of likely N-dealkylation sites (tertiary alicyclic amines) is 1. The van der Waals surface area contributed by atoms with Gasteiger partial charge < -0.3 is 10.6 Å². The molecule has 17 heavy (non-hydrogen) atoms. The van der Waals surface area contributed by atoms with Crippen LogP contribution in [0, 0.1) is 5.92 Å². The zero-order valence-electron chi connectivity index (χ0n) is 10.6. The van der Waals surface area contributed by atoms with Crippen molar-refractivity contribution in [2.45, 2.75) is 25.7 Å². The largest absolute Gasteiger partial charge is 0.330 e. The molecule has 2 rings (SSSR count). The van der Waals surface area contributed by atoms with Crippen LogP contribution in [0.2, 0.25) is 0 Å². The van der Waals surface area contributed by atoms with E-state index in [0.29, 0.717) is 0 Å². The SMILES string of the molecule is NCCC1CCCN(CCc2ccccc2)C1. The second-order valence-electron chi connectivity index (χ2n) is 5.12. The van der Waals surface area contributed by atoms with E-state index < -0.39 is 0 Å². The van der Waals surface area contributed by atoms with E-state index in [1.54, 1.807) is 0 Å². The first-order chi connectivity index (χ1) is 8.38. The highest BCUT2D eigenvalue weighted by atomic mass is 15.1. The summed E-state index contributed by atoms with van der Waals surface area (Å²) in [4.78, 5) is 2.61. The van der Waals surface area contributed by atoms with Crippen molar-refractivity contribution in [3.8, 4) is 0 Å². The van der Waals surface area contributed by atoms with E-state index in [-0.39, 0.29) is 0 Å². The highest BCUT2D eigenvalue weighted by molar-refractivity contribution is 5.14. The van der Waals surface area contributed by atoms with Gasteiger partial charge in [-0.05, 0) is 50.3 Å². The maximum atomic E-state index is 5.65. The summed E-state index contributed by atoms with van der Waals surface area (Å²) in [6, 6.07) is 10.8. The molecule has 1 fully saturated rings. The molecule has 1 atom stereocenters. The molecule has 0 bridgehead atoms. The van der Waals surface area contributed by atoms with Crippen LogP contribution in [0.15, 0.2) is 30.3 Å². The number of rotatable bonds is 5. The van der Waals surface area contributed by atoms with Crippen LogP contribution in [0.4, 0.5) is 0 Å². The molecule has 1 aromatic carbocycles. The van der Waals surface area contributed by atoms with E-state index in [1.165, 1.54) is 50.9 Å². The first-order valence-corrected chi connectivity index (χ1v) is 6.85. The molecule has 0 aliphatic carbocycles. The monoisotopic (exact) mass is 232 g/mol. The number of hydrogen-bond donors (Lipinski definition) is 1. The van der Waals surface area contributed by atoms with E-state index in [2.05, 4.69) is 35.2 Å². The summed E-state index contributed by atoms with van der Waals surface area (Å²) in [7, 11) is 0. The van der Waals surface area contributed by atoms with Gasteiger partial charge in [-0.2, -0.15) is 0 Å². The molecule has 0 aromatic heterocycles. The fourth-order valence-corrected chi connectivity index (χ4v) is 2.76. The lowest BCUT2D eigenvalue weighted by Crippen LogP contribution is -2.37. The maximum absolute atomic E-state index is 5.65. The highest BCUT2D eigenvalue weighted by Crippen LogP contribution is 2.19. The Balaban J connectivity index is 1.75. The zero-order chi connectivity index (χ0) is 11.9. The molecule has 0 saturated carbocycles. The van der Waals surface area contributed by atoms with Gasteiger partial charge in [-0.1, -0.05) is 30.3 Å². The van der Waals surface area contributed by atoms with Crippen LogP contribution in [0.25, 0.3) is 0 Å². The third-order valence-corrected chi connectivity index (χ3v) is 3.74. The number of nitrogens with zero attached hydrogens (tertiary/aromatic N) is 1. The Kier molecular flexibility index (Phi) is 5.02. The Hall–Kier alpha value is -0.860. The first-order valence-electron chi connectivity index (χ1n) is 6.85. The summed E-state index contributed by atoms with van der Waals surface area (Å²) in [5.41, 5.74) is 7.10. The molecule has 2 nitrogen and oxygen atoms in total. The lowest BCUT2D eigenvalue weighted by Gasteiger charge is -2.32. The van der Waals surface area contributed by atoms with E-state index in [1.807, 2.05) is 0 Å². The van der Waals surface area contributed by atoms with Gasteiger partial charge in [0, 0.05) is 13.1 Å². The third-order valence-electron chi connectivity index (χ3n) is 3.74. The summed E-state index contributed by atoms with van der Waals surface area (Å²) in [6.07, 6.45) is 5.09. The van der Waals surface area contributed by atoms with Crippen LogP contribution in [0.5, 0.6) is 0 Å². The van der Waals surface area contributed by atoms with Crippen molar-refractivity contribution < 1.29 is 0 Å². The molecule has 94 valence electrons. The van der Waals surface area contributed by atoms with Crippen molar-refractivity contribution in [1.82, 2.24) is 4.90 Å². The molecule has 2 heteroatoms. The zero-order valence-corrected chi connectivity index (χ0v) is 10.6. The van der Waals surface area contributed by atoms with Crippen LogP contribution >= 0.6 is 0 Å². The summed E-state index contributed by atoms with van der Waals surface area (Å²) >= 11 is 0. The van der Waals surface area contributed by atoms with E-state index in [4.69, 9.17) is 5.73 Å². The second-order valence-corrected chi connectivity index (χ2v) is 5.12. The van der Waals surface area contributed by atoms with Gasteiger partial charge in [0.15, 0.2) is 0 Å². The standard InChI is InChI=1S/C15H24N2/c16-10-8-15-7-4-11-17(13-15)12-9-14-5-2-1-3-6-14/h1-3,5-6,15H,4,7-13,16H2. The molecular weight excluding hydrogens is 208 g/mol. The molecule has 1 aliphatic rings. The lowest BCUT2D eigenvalue weighted by molar-refractivity contribution is 0.172. The first kappa shape index (κ1) is 12.6. The number of piperidine rings is 1. The van der Waals surface area contributed by atoms with Crippen LogP contribution in [0.1, 0.15) is 24.8 Å². The van der Waals surface area contributed by atoms with Crippen molar-refractivity contribution in [2.75, 3.05) is 26.2 Å². The molecule has 2 N–H and O–H groups in total. The minimum atomic E-state index is 0.838. The van der Waals surface area contributed by atoms with E-state index in [0.717, 1.165) is 12.5 Å². The second kappa shape index (κ2) is 6.77. The minimum Gasteiger partial charge on any atom is -0.330 e. The van der Waals surface area contributed by atoms with Gasteiger partial charge >= 0.3 is 0 Å². The van der Waals surface area contributed by atoms with Gasteiger partial charge in [0.1, 0.15) is 0 Å². The molecule has 0 radical (unpaired) electrons. The van der Waals surface area contributed by atoms with Gasteiger partial charge in [0.2, 0.25) is 0 Å². The average molecular weight is 232 g/mol. The van der Waals surface area contributed by atoms with E-state index >= 15 is 0 Å². The normalized spacial score (nSPS) is 21.6. The van der Waals surface area contributed by atoms with Gasteiger partial charge in [-0.25, -0.2) is 0 Å². The Morgan fingerprint density at radius 2 is 2.06 bits per heavy atom. The molecule has 1 heterocycles. The molecule has 1 aromatic rings. The van der Waals surface area contributed by atoms with Gasteiger partial charge in [-0.15, -0.1) is 0 Å². The Morgan fingerprint density at radius 3 is 2.82 bits per heavy atom. The topological polar surface area (TPSA) is 29.3 Å². The smallest absolute Gasteiger partial charge is 0.00219 e. The van der Waals surface area contributed by atoms with Gasteiger partial charge in [-0.3, -0.25) is 0 Å². The summed E-state index contributed by atoms with van der Waals surface area (Å²) < 4.78 is 0. The molecule has 1 saturated heterocycles. The predicted octanol–water partition coefficient (Wildman–Crippen LogP) is 2.29. The molecule has 1 unspecified atom stereocenters. The lowest BCUT2D eigenvalue weighted by atomic mass is 9.94. The highest BCUT2D eigenvalue weighted by Gasteiger charge is 2.18. The average Bonchev–Trinajstić information content (AvgIpc) is 2.39. The van der Waals surface area contributed by atoms with Crippen LogP contribution in [0.3, 0.4) is 0 Å². The Morgan fingerprint density at radius 1 is 1.24 bits per heavy atom. The van der Waals surface area contributed by atoms with Gasteiger partial charge in [0.05, 0.1) is 0 Å². The van der Waals surface area contributed by atoms with Crippen LogP contribution in [-0.4, -0.2) is 31.1 Å². The van der Waals surface area contributed by atoms with Crippen LogP contribution < -0.4 is 5.73 Å². The fourth-order valence-electron chi connectivity index (χ4n) is 2.76. The van der Waals surface area contributed by atoms with Crippen molar-refractivity contribution in [3.63, 3.8) is 0 Å².